The monoisotopic (exact) mass is 344 g/mol. The Balaban J connectivity index is 2.00. The second-order valence-corrected chi connectivity index (χ2v) is 10.7. The highest BCUT2D eigenvalue weighted by molar-refractivity contribution is 9.08. The van der Waals surface area contributed by atoms with Crippen LogP contribution in [0.1, 0.15) is 5.56 Å². The smallest absolute Gasteiger partial charge is 0.140 e. The van der Waals surface area contributed by atoms with Crippen molar-refractivity contribution in [2.24, 2.45) is 0 Å². The minimum Gasteiger partial charge on any atom is -0.358 e. The van der Waals surface area contributed by atoms with Gasteiger partial charge in [-0.25, -0.2) is 14.7 Å². The van der Waals surface area contributed by atoms with E-state index in [4.69, 9.17) is 4.74 Å². The Kier molecular flexibility index (Phi) is 4.92. The first-order valence-corrected chi connectivity index (χ1v) is 10.4. The number of alkyl halides is 1. The Bertz CT molecular complexity index is 548. The second-order valence-electron chi connectivity index (χ2n) is 5.50. The van der Waals surface area contributed by atoms with Gasteiger partial charge in [-0.2, -0.15) is 5.10 Å². The lowest BCUT2D eigenvalue weighted by molar-refractivity contribution is 0.0841. The fourth-order valence-corrected chi connectivity index (χ4v) is 2.73. The summed E-state index contributed by atoms with van der Waals surface area (Å²) in [6, 6.07) is 6.39. The zero-order valence-corrected chi connectivity index (χ0v) is 14.1. The molecule has 0 bridgehead atoms. The van der Waals surface area contributed by atoms with Crippen LogP contribution in [0.2, 0.25) is 0 Å². The predicted octanol–water partition coefficient (Wildman–Crippen LogP) is 3.60. The van der Waals surface area contributed by atoms with Crippen LogP contribution in [0.3, 0.4) is 0 Å². The predicted molar refractivity (Wildman–Crippen MR) is 88.5 cm³/mol. The van der Waals surface area contributed by atoms with Gasteiger partial charge < -0.3 is 4.74 Å². The Morgan fingerprint density at radius 1 is 1.32 bits per heavy atom. The van der Waals surface area contributed by atoms with Crippen LogP contribution in [0.5, 0.6) is 0 Å². The first-order chi connectivity index (χ1) is 8.99. The van der Waals surface area contributed by atoms with Crippen LogP contribution in [0.4, 0.5) is 0 Å². The average Bonchev–Trinajstić information content (AvgIpc) is 2.76. The van der Waals surface area contributed by atoms with E-state index in [1.54, 1.807) is 0 Å². The van der Waals surface area contributed by atoms with Crippen LogP contribution < -0.4 is 0 Å². The maximum absolute atomic E-state index is 5.75. The molecule has 1 aromatic heterocycles. The summed E-state index contributed by atoms with van der Waals surface area (Å²) in [7, 11) is -0.479. The molecule has 0 unspecified atom stereocenters. The van der Waals surface area contributed by atoms with E-state index in [1.807, 2.05) is 10.9 Å². The largest absolute Gasteiger partial charge is 0.358 e. The van der Waals surface area contributed by atoms with Gasteiger partial charge in [-0.05, 0) is 30.4 Å². The summed E-state index contributed by atoms with van der Waals surface area (Å²) < 4.78 is 7.68. The van der Waals surface area contributed by atoms with E-state index < -0.39 is 10.0 Å². The maximum atomic E-state index is 5.75. The van der Waals surface area contributed by atoms with Gasteiger partial charge in [0.2, 0.25) is 0 Å². The molecule has 1 heterocycles. The first kappa shape index (κ1) is 14.9. The van der Waals surface area contributed by atoms with Crippen molar-refractivity contribution in [3.63, 3.8) is 0 Å². The molecule has 3 nitrogen and oxygen atoms in total. The second kappa shape index (κ2) is 6.29. The number of hydrogen-bond donors (Lipinski definition) is 0. The molecule has 0 fully saturated rings. The van der Waals surface area contributed by atoms with E-state index >= 15 is 0 Å². The van der Waals surface area contributed by atoms with Gasteiger partial charge in [0.1, 0.15) is 6.73 Å². The van der Waals surface area contributed by atoms with Crippen molar-refractivity contribution in [3.05, 3.63) is 30.0 Å². The third-order valence-corrected chi connectivity index (χ3v) is 4.96. The zero-order chi connectivity index (χ0) is 13.9. The standard InChI is InChI=1S/C14H21BrN2OS/c1-19(2,3)7-6-18-11-17-14-8-12(9-15)4-5-13(14)10-16-17/h4-5,8,10H,6-7,9,11H2,1-3H3. The van der Waals surface area contributed by atoms with E-state index in [0.717, 1.165) is 28.6 Å². The topological polar surface area (TPSA) is 27.1 Å². The van der Waals surface area contributed by atoms with Gasteiger partial charge in [-0.1, -0.05) is 28.1 Å². The van der Waals surface area contributed by atoms with E-state index in [-0.39, 0.29) is 0 Å². The van der Waals surface area contributed by atoms with Gasteiger partial charge in [0.25, 0.3) is 0 Å². The number of fused-ring (bicyclic) bond motifs is 1. The van der Waals surface area contributed by atoms with Crippen molar-refractivity contribution < 1.29 is 4.74 Å². The van der Waals surface area contributed by atoms with Crippen molar-refractivity contribution in [2.75, 3.05) is 31.1 Å². The van der Waals surface area contributed by atoms with Crippen LogP contribution >= 0.6 is 26.0 Å². The molecule has 5 heteroatoms. The number of rotatable bonds is 6. The highest BCUT2D eigenvalue weighted by atomic mass is 79.9. The SMILES string of the molecule is CS(C)(C)CCOCn1ncc2ccc(CBr)cc21. The summed E-state index contributed by atoms with van der Waals surface area (Å²) in [5.74, 6) is 1.14. The molecule has 1 aromatic carbocycles. The van der Waals surface area contributed by atoms with Crippen LogP contribution in [-0.4, -0.2) is 40.9 Å². The lowest BCUT2D eigenvalue weighted by Crippen LogP contribution is -2.10. The molecule has 19 heavy (non-hydrogen) atoms. The summed E-state index contributed by atoms with van der Waals surface area (Å²) in [5, 5.41) is 6.41. The molecule has 0 atom stereocenters. The first-order valence-electron chi connectivity index (χ1n) is 6.24. The molecular weight excluding hydrogens is 324 g/mol. The molecule has 0 saturated heterocycles. The molecule has 0 radical (unpaired) electrons. The molecule has 0 amide bonds. The van der Waals surface area contributed by atoms with Gasteiger partial charge in [0.05, 0.1) is 18.3 Å². The molecule has 0 saturated carbocycles. The summed E-state index contributed by atoms with van der Waals surface area (Å²) >= 11 is 3.48. The highest BCUT2D eigenvalue weighted by Crippen LogP contribution is 2.33. The number of aromatic nitrogens is 2. The van der Waals surface area contributed by atoms with Crippen LogP contribution in [0.25, 0.3) is 10.9 Å². The van der Waals surface area contributed by atoms with E-state index in [1.165, 1.54) is 5.56 Å². The Morgan fingerprint density at radius 2 is 2.11 bits per heavy atom. The van der Waals surface area contributed by atoms with Gasteiger partial charge >= 0.3 is 0 Å². The van der Waals surface area contributed by atoms with E-state index in [2.05, 4.69) is 58.0 Å². The molecule has 106 valence electrons. The zero-order valence-electron chi connectivity index (χ0n) is 11.7. The fourth-order valence-electron chi connectivity index (χ4n) is 1.76. The van der Waals surface area contributed by atoms with Crippen LogP contribution in [0, 0.1) is 0 Å². The molecular formula is C14H21BrN2OS. The average molecular weight is 345 g/mol. The Morgan fingerprint density at radius 3 is 2.79 bits per heavy atom. The third-order valence-electron chi connectivity index (χ3n) is 2.92. The van der Waals surface area contributed by atoms with Crippen LogP contribution in [-0.2, 0) is 16.8 Å². The Labute approximate surface area is 124 Å². The molecule has 0 N–H and O–H groups in total. The van der Waals surface area contributed by atoms with Gasteiger partial charge in [0.15, 0.2) is 0 Å². The maximum Gasteiger partial charge on any atom is 0.140 e. The highest BCUT2D eigenvalue weighted by Gasteiger charge is 2.06. The van der Waals surface area contributed by atoms with Crippen molar-refractivity contribution in [1.29, 1.82) is 0 Å². The molecule has 0 aliphatic rings. The molecule has 0 aliphatic heterocycles. The van der Waals surface area contributed by atoms with Crippen molar-refractivity contribution in [3.8, 4) is 0 Å². The summed E-state index contributed by atoms with van der Waals surface area (Å²) in [5.41, 5.74) is 2.40. The number of ether oxygens (including phenoxy) is 1. The molecule has 0 spiro atoms. The van der Waals surface area contributed by atoms with Gasteiger partial charge in [-0.3, -0.25) is 0 Å². The normalized spacial score (nSPS) is 13.1. The van der Waals surface area contributed by atoms with Crippen LogP contribution in [0.15, 0.2) is 24.4 Å². The minimum absolute atomic E-state index is 0.479. The lowest BCUT2D eigenvalue weighted by atomic mass is 10.2. The van der Waals surface area contributed by atoms with Crippen molar-refractivity contribution in [1.82, 2.24) is 9.78 Å². The van der Waals surface area contributed by atoms with E-state index in [0.29, 0.717) is 6.73 Å². The van der Waals surface area contributed by atoms with Gasteiger partial charge in [-0.15, -0.1) is 0 Å². The van der Waals surface area contributed by atoms with Gasteiger partial charge in [0, 0.05) is 16.5 Å². The van der Waals surface area contributed by atoms with E-state index in [9.17, 15) is 0 Å². The van der Waals surface area contributed by atoms with Crippen molar-refractivity contribution >= 4 is 36.9 Å². The molecule has 2 rings (SSSR count). The minimum atomic E-state index is -0.479. The summed E-state index contributed by atoms with van der Waals surface area (Å²) in [4.78, 5) is 0. The molecule has 2 aromatic rings. The summed E-state index contributed by atoms with van der Waals surface area (Å²) in [6.07, 6.45) is 8.82. The molecule has 0 aliphatic carbocycles. The fraction of sp³-hybridized carbons (Fsp3) is 0.500. The van der Waals surface area contributed by atoms with Crippen molar-refractivity contribution in [2.45, 2.75) is 12.1 Å². The summed E-state index contributed by atoms with van der Waals surface area (Å²) in [6.45, 7) is 1.34. The number of benzene rings is 1. The lowest BCUT2D eigenvalue weighted by Gasteiger charge is -2.24. The quantitative estimate of drug-likeness (QED) is 0.591. The number of hydrogen-bond acceptors (Lipinski definition) is 2. The Hall–Kier alpha value is -0.520. The number of halogens is 1. The number of nitrogens with zero attached hydrogens (tertiary/aromatic N) is 2. The third kappa shape index (κ3) is 4.23.